The number of allylic oxidation sites excluding steroid dienone is 1. The maximum atomic E-state index is 12.6. The van der Waals surface area contributed by atoms with Crippen LogP contribution in [0.4, 0.5) is 4.79 Å². The van der Waals surface area contributed by atoms with Gasteiger partial charge in [0.15, 0.2) is 11.5 Å². The summed E-state index contributed by atoms with van der Waals surface area (Å²) in [6.07, 6.45) is 2.50. The number of ether oxygens (including phenoxy) is 3. The number of hydrogen-bond donors (Lipinski definition) is 2. The maximum Gasteiger partial charge on any atom is 0.338 e. The summed E-state index contributed by atoms with van der Waals surface area (Å²) >= 11 is 0. The van der Waals surface area contributed by atoms with Crippen molar-refractivity contribution < 1.29 is 23.8 Å². The van der Waals surface area contributed by atoms with E-state index in [4.69, 9.17) is 14.2 Å². The fraction of sp³-hybridized carbons (Fsp3) is 0.524. The lowest BCUT2D eigenvalue weighted by atomic mass is 9.94. The quantitative estimate of drug-likeness (QED) is 0.468. The molecule has 0 saturated carbocycles. The largest absolute Gasteiger partial charge is 0.490 e. The molecule has 0 fully saturated rings. The van der Waals surface area contributed by atoms with Gasteiger partial charge in [0, 0.05) is 5.70 Å². The Hall–Kier alpha value is -2.70. The van der Waals surface area contributed by atoms with Gasteiger partial charge >= 0.3 is 12.0 Å². The normalized spacial score (nSPS) is 16.3. The van der Waals surface area contributed by atoms with Crippen molar-refractivity contribution >= 4 is 12.0 Å². The van der Waals surface area contributed by atoms with Crippen LogP contribution in [0.1, 0.15) is 58.6 Å². The van der Waals surface area contributed by atoms with E-state index in [9.17, 15) is 9.59 Å². The fourth-order valence-corrected chi connectivity index (χ4v) is 3.01. The average molecular weight is 390 g/mol. The highest BCUT2D eigenvalue weighted by atomic mass is 16.5. The second kappa shape index (κ2) is 10.6. The number of carbonyl (C=O) groups is 2. The molecule has 0 aromatic heterocycles. The van der Waals surface area contributed by atoms with Crippen molar-refractivity contribution in [1.29, 1.82) is 0 Å². The molecule has 2 amide bonds. The summed E-state index contributed by atoms with van der Waals surface area (Å²) in [7, 11) is 0. The summed E-state index contributed by atoms with van der Waals surface area (Å²) in [5, 5.41) is 5.54. The summed E-state index contributed by atoms with van der Waals surface area (Å²) < 4.78 is 16.8. The van der Waals surface area contributed by atoms with Gasteiger partial charge in [0.25, 0.3) is 0 Å². The number of carbonyl (C=O) groups excluding carboxylic acids is 2. The number of esters is 1. The van der Waals surface area contributed by atoms with Crippen LogP contribution in [0.15, 0.2) is 29.5 Å². The van der Waals surface area contributed by atoms with Crippen LogP contribution in [-0.4, -0.2) is 31.8 Å². The second-order valence-corrected chi connectivity index (χ2v) is 6.34. The van der Waals surface area contributed by atoms with E-state index in [0.717, 1.165) is 18.4 Å². The van der Waals surface area contributed by atoms with E-state index in [-0.39, 0.29) is 12.6 Å². The summed E-state index contributed by atoms with van der Waals surface area (Å²) in [5.74, 6) is 0.792. The third-order valence-corrected chi connectivity index (χ3v) is 4.36. The Labute approximate surface area is 166 Å². The van der Waals surface area contributed by atoms with Crippen LogP contribution in [0.3, 0.4) is 0 Å². The first kappa shape index (κ1) is 21.6. The SMILES string of the molecule is CCCCOc1ccc(C2NC(=O)NC(CC)=C2C(=O)OCC)cc1OCC. The molecular weight excluding hydrogens is 360 g/mol. The van der Waals surface area contributed by atoms with Gasteiger partial charge in [-0.25, -0.2) is 9.59 Å². The molecule has 0 bridgehead atoms. The lowest BCUT2D eigenvalue weighted by molar-refractivity contribution is -0.139. The summed E-state index contributed by atoms with van der Waals surface area (Å²) in [5.41, 5.74) is 1.70. The standard InChI is InChI=1S/C21H30N2O5/c1-5-9-12-28-16-11-10-14(13-17(16)26-7-3)19-18(20(24)27-8-4)15(6-2)22-21(25)23-19/h10-11,13,19H,5-9,12H2,1-4H3,(H2,22,23,25). The summed E-state index contributed by atoms with van der Waals surface area (Å²) in [6.45, 7) is 8.98. The highest BCUT2D eigenvalue weighted by Crippen LogP contribution is 2.35. The zero-order chi connectivity index (χ0) is 20.5. The highest BCUT2D eigenvalue weighted by Gasteiger charge is 2.33. The molecule has 1 aliphatic rings. The zero-order valence-corrected chi connectivity index (χ0v) is 17.1. The molecule has 1 aromatic carbocycles. The van der Waals surface area contributed by atoms with Crippen LogP contribution < -0.4 is 20.1 Å². The van der Waals surface area contributed by atoms with Gasteiger partial charge in [-0.05, 0) is 44.4 Å². The minimum atomic E-state index is -0.619. The van der Waals surface area contributed by atoms with Crippen molar-refractivity contribution in [2.75, 3.05) is 19.8 Å². The molecule has 154 valence electrons. The third-order valence-electron chi connectivity index (χ3n) is 4.36. The molecule has 7 nitrogen and oxygen atoms in total. The fourth-order valence-electron chi connectivity index (χ4n) is 3.01. The number of benzene rings is 1. The molecule has 1 aliphatic heterocycles. The van der Waals surface area contributed by atoms with Crippen molar-refractivity contribution in [3.63, 3.8) is 0 Å². The molecule has 1 atom stereocenters. The smallest absolute Gasteiger partial charge is 0.338 e. The molecule has 1 aromatic rings. The zero-order valence-electron chi connectivity index (χ0n) is 17.1. The molecule has 28 heavy (non-hydrogen) atoms. The Kier molecular flexibility index (Phi) is 8.17. The van der Waals surface area contributed by atoms with Crippen LogP contribution in [0, 0.1) is 0 Å². The van der Waals surface area contributed by atoms with E-state index in [1.54, 1.807) is 6.92 Å². The van der Waals surface area contributed by atoms with Crippen molar-refractivity contribution in [2.24, 2.45) is 0 Å². The summed E-state index contributed by atoms with van der Waals surface area (Å²) in [4.78, 5) is 24.7. The molecule has 2 N–H and O–H groups in total. The van der Waals surface area contributed by atoms with E-state index >= 15 is 0 Å². The van der Waals surface area contributed by atoms with Crippen LogP contribution in [0.25, 0.3) is 0 Å². The number of hydrogen-bond acceptors (Lipinski definition) is 5. The number of rotatable bonds is 10. The van der Waals surface area contributed by atoms with Crippen LogP contribution in [0.2, 0.25) is 0 Å². The summed E-state index contributed by atoms with van der Waals surface area (Å²) in [6, 6.07) is 4.50. The lowest BCUT2D eigenvalue weighted by Gasteiger charge is -2.29. The number of unbranched alkanes of at least 4 members (excludes halogenated alkanes) is 1. The minimum absolute atomic E-state index is 0.258. The Morgan fingerprint density at radius 3 is 2.50 bits per heavy atom. The van der Waals surface area contributed by atoms with Gasteiger partial charge in [0.2, 0.25) is 0 Å². The predicted molar refractivity (Wildman–Crippen MR) is 106 cm³/mol. The van der Waals surface area contributed by atoms with Crippen LogP contribution in [-0.2, 0) is 9.53 Å². The molecule has 0 saturated heterocycles. The molecule has 2 rings (SSSR count). The molecular formula is C21H30N2O5. The topological polar surface area (TPSA) is 85.9 Å². The van der Waals surface area contributed by atoms with Crippen molar-refractivity contribution in [2.45, 2.75) is 53.0 Å². The van der Waals surface area contributed by atoms with E-state index < -0.39 is 12.0 Å². The van der Waals surface area contributed by atoms with E-state index in [0.29, 0.717) is 42.4 Å². The number of amides is 2. The van der Waals surface area contributed by atoms with E-state index in [1.807, 2.05) is 32.0 Å². The highest BCUT2D eigenvalue weighted by molar-refractivity contribution is 5.95. The average Bonchev–Trinajstić information content (AvgIpc) is 2.68. The molecule has 1 heterocycles. The van der Waals surface area contributed by atoms with Crippen LogP contribution in [0.5, 0.6) is 11.5 Å². The van der Waals surface area contributed by atoms with Crippen LogP contribution >= 0.6 is 0 Å². The Balaban J connectivity index is 2.42. The molecule has 0 aliphatic carbocycles. The van der Waals surface area contributed by atoms with Crippen molar-refractivity contribution in [3.05, 3.63) is 35.0 Å². The predicted octanol–water partition coefficient (Wildman–Crippen LogP) is 3.85. The van der Waals surface area contributed by atoms with Gasteiger partial charge in [-0.3, -0.25) is 0 Å². The number of urea groups is 1. The van der Waals surface area contributed by atoms with Gasteiger partial charge in [-0.15, -0.1) is 0 Å². The van der Waals surface area contributed by atoms with Crippen molar-refractivity contribution in [1.82, 2.24) is 10.6 Å². The third kappa shape index (κ3) is 5.18. The second-order valence-electron chi connectivity index (χ2n) is 6.34. The first-order chi connectivity index (χ1) is 13.5. The Bertz CT molecular complexity index is 730. The minimum Gasteiger partial charge on any atom is -0.490 e. The van der Waals surface area contributed by atoms with E-state index in [1.165, 1.54) is 0 Å². The van der Waals surface area contributed by atoms with Crippen molar-refractivity contribution in [3.8, 4) is 11.5 Å². The van der Waals surface area contributed by atoms with Gasteiger partial charge in [-0.2, -0.15) is 0 Å². The molecule has 1 unspecified atom stereocenters. The molecule has 7 heteroatoms. The van der Waals surface area contributed by atoms with Gasteiger partial charge in [-0.1, -0.05) is 26.3 Å². The first-order valence-electron chi connectivity index (χ1n) is 9.92. The number of nitrogens with one attached hydrogen (secondary N) is 2. The first-order valence-corrected chi connectivity index (χ1v) is 9.92. The van der Waals surface area contributed by atoms with E-state index in [2.05, 4.69) is 17.6 Å². The van der Waals surface area contributed by atoms with Gasteiger partial charge in [0.1, 0.15) is 0 Å². The monoisotopic (exact) mass is 390 g/mol. The molecule has 0 radical (unpaired) electrons. The maximum absolute atomic E-state index is 12.6. The molecule has 0 spiro atoms. The Morgan fingerprint density at radius 1 is 1.07 bits per heavy atom. The Morgan fingerprint density at radius 2 is 1.86 bits per heavy atom. The van der Waals surface area contributed by atoms with Gasteiger partial charge in [0.05, 0.1) is 31.4 Å². The van der Waals surface area contributed by atoms with Gasteiger partial charge < -0.3 is 24.8 Å². The lowest BCUT2D eigenvalue weighted by Crippen LogP contribution is -2.45.